The molecule has 0 aliphatic heterocycles. The van der Waals surface area contributed by atoms with E-state index >= 15 is 0 Å². The summed E-state index contributed by atoms with van der Waals surface area (Å²) in [5.74, 6) is 0.514. The summed E-state index contributed by atoms with van der Waals surface area (Å²) in [4.78, 5) is 11.8. The molecule has 0 amide bonds. The van der Waals surface area contributed by atoms with Crippen LogP contribution in [0.4, 0.5) is 4.39 Å². The fraction of sp³-hybridized carbons (Fsp3) is 0.429. The number of hydrogen-bond donors (Lipinski definition) is 2. The van der Waals surface area contributed by atoms with Gasteiger partial charge in [0.1, 0.15) is 17.3 Å². The molecular formula is C14H19FN4. The van der Waals surface area contributed by atoms with E-state index in [-0.39, 0.29) is 11.4 Å². The van der Waals surface area contributed by atoms with Gasteiger partial charge < -0.3 is 10.3 Å². The summed E-state index contributed by atoms with van der Waals surface area (Å²) in [6.45, 7) is 8.90. The Morgan fingerprint density at radius 1 is 1.32 bits per heavy atom. The van der Waals surface area contributed by atoms with E-state index in [2.05, 4.69) is 41.0 Å². The number of H-pyrrole nitrogens is 1. The molecule has 0 bridgehead atoms. The van der Waals surface area contributed by atoms with Crippen molar-refractivity contribution in [2.45, 2.75) is 39.8 Å². The van der Waals surface area contributed by atoms with E-state index < -0.39 is 0 Å². The number of nitrogens with zero attached hydrogens (tertiary/aromatic N) is 2. The van der Waals surface area contributed by atoms with Crippen molar-refractivity contribution in [3.05, 3.63) is 35.7 Å². The molecule has 2 aromatic heterocycles. The largest absolute Gasteiger partial charge is 0.344 e. The van der Waals surface area contributed by atoms with Gasteiger partial charge >= 0.3 is 0 Å². The second kappa shape index (κ2) is 5.09. The van der Waals surface area contributed by atoms with Crippen LogP contribution in [0.5, 0.6) is 0 Å². The quantitative estimate of drug-likeness (QED) is 0.894. The summed E-state index contributed by atoms with van der Waals surface area (Å²) in [7, 11) is 0. The number of nitrogens with one attached hydrogen (secondary N) is 2. The molecule has 0 atom stereocenters. The minimum absolute atomic E-state index is 0.0367. The molecule has 2 N–H and O–H groups in total. The number of halogens is 1. The zero-order chi connectivity index (χ0) is 14.0. The molecule has 102 valence electrons. The molecule has 19 heavy (non-hydrogen) atoms. The van der Waals surface area contributed by atoms with Crippen LogP contribution in [0.2, 0.25) is 0 Å². The fourth-order valence-electron chi connectivity index (χ4n) is 1.72. The van der Waals surface area contributed by atoms with Gasteiger partial charge in [-0.1, -0.05) is 0 Å². The number of aryl methyl sites for hydroxylation is 1. The molecule has 0 aliphatic rings. The van der Waals surface area contributed by atoms with Crippen LogP contribution in [0, 0.1) is 12.7 Å². The average Bonchev–Trinajstić information content (AvgIpc) is 2.68. The van der Waals surface area contributed by atoms with Crippen molar-refractivity contribution in [2.24, 2.45) is 0 Å². The maximum absolute atomic E-state index is 12.9. The SMILES string of the molecule is Cc1[nH]c(CNC(C)(C)C)nc1-c1ccc(F)cn1. The molecule has 0 unspecified atom stereocenters. The second-order valence-electron chi connectivity index (χ2n) is 5.62. The van der Waals surface area contributed by atoms with Gasteiger partial charge in [-0.05, 0) is 39.8 Å². The summed E-state index contributed by atoms with van der Waals surface area (Å²) in [6, 6.07) is 3.03. The molecule has 5 heteroatoms. The van der Waals surface area contributed by atoms with Crippen LogP contribution in [0.3, 0.4) is 0 Å². The van der Waals surface area contributed by atoms with E-state index in [1.165, 1.54) is 12.3 Å². The molecule has 0 fully saturated rings. The van der Waals surface area contributed by atoms with Crippen molar-refractivity contribution in [3.8, 4) is 11.4 Å². The van der Waals surface area contributed by atoms with Gasteiger partial charge in [-0.2, -0.15) is 0 Å². The first-order valence-electron chi connectivity index (χ1n) is 6.27. The minimum atomic E-state index is -0.341. The maximum Gasteiger partial charge on any atom is 0.141 e. The van der Waals surface area contributed by atoms with Crippen molar-refractivity contribution in [3.63, 3.8) is 0 Å². The number of aromatic nitrogens is 3. The van der Waals surface area contributed by atoms with Crippen molar-refractivity contribution >= 4 is 0 Å². The Balaban J connectivity index is 2.19. The molecule has 2 aromatic rings. The van der Waals surface area contributed by atoms with Gasteiger partial charge in [0.2, 0.25) is 0 Å². The summed E-state index contributed by atoms with van der Waals surface area (Å²) in [5, 5.41) is 3.37. The van der Waals surface area contributed by atoms with Crippen LogP contribution in [-0.4, -0.2) is 20.5 Å². The summed E-state index contributed by atoms with van der Waals surface area (Å²) >= 11 is 0. The summed E-state index contributed by atoms with van der Waals surface area (Å²) in [6.07, 6.45) is 1.20. The van der Waals surface area contributed by atoms with E-state index in [4.69, 9.17) is 0 Å². The predicted octanol–water partition coefficient (Wildman–Crippen LogP) is 2.81. The molecule has 2 rings (SSSR count). The standard InChI is InChI=1S/C14H19FN4/c1-9-13(11-6-5-10(15)7-16-11)19-12(18-9)8-17-14(2,3)4/h5-7,17H,8H2,1-4H3,(H,18,19). The molecule has 0 saturated heterocycles. The number of pyridine rings is 1. The molecule has 0 spiro atoms. The van der Waals surface area contributed by atoms with Crippen LogP contribution < -0.4 is 5.32 Å². The molecule has 4 nitrogen and oxygen atoms in total. The smallest absolute Gasteiger partial charge is 0.141 e. The Morgan fingerprint density at radius 3 is 2.63 bits per heavy atom. The lowest BCUT2D eigenvalue weighted by molar-refractivity contribution is 0.418. The molecular weight excluding hydrogens is 243 g/mol. The monoisotopic (exact) mass is 262 g/mol. The van der Waals surface area contributed by atoms with Crippen LogP contribution in [-0.2, 0) is 6.54 Å². The number of imidazole rings is 1. The topological polar surface area (TPSA) is 53.6 Å². The van der Waals surface area contributed by atoms with E-state index in [1.54, 1.807) is 6.07 Å². The molecule has 0 radical (unpaired) electrons. The van der Waals surface area contributed by atoms with E-state index in [1.807, 2.05) is 6.92 Å². The predicted molar refractivity (Wildman–Crippen MR) is 73.1 cm³/mol. The summed E-state index contributed by atoms with van der Waals surface area (Å²) in [5.41, 5.74) is 2.42. The Hall–Kier alpha value is -1.75. The van der Waals surface area contributed by atoms with Crippen molar-refractivity contribution in [1.82, 2.24) is 20.3 Å². The Labute approximate surface area is 112 Å². The lowest BCUT2D eigenvalue weighted by Crippen LogP contribution is -2.35. The lowest BCUT2D eigenvalue weighted by Gasteiger charge is -2.19. The number of hydrogen-bond acceptors (Lipinski definition) is 3. The third-order valence-corrected chi connectivity index (χ3v) is 2.69. The first kappa shape index (κ1) is 13.7. The summed E-state index contributed by atoms with van der Waals surface area (Å²) < 4.78 is 12.9. The second-order valence-corrected chi connectivity index (χ2v) is 5.62. The van der Waals surface area contributed by atoms with E-state index in [0.29, 0.717) is 12.2 Å². The van der Waals surface area contributed by atoms with E-state index in [0.717, 1.165) is 17.2 Å². The normalized spacial score (nSPS) is 11.8. The van der Waals surface area contributed by atoms with E-state index in [9.17, 15) is 4.39 Å². The van der Waals surface area contributed by atoms with Gasteiger partial charge in [0.25, 0.3) is 0 Å². The fourth-order valence-corrected chi connectivity index (χ4v) is 1.72. The first-order valence-corrected chi connectivity index (χ1v) is 6.27. The Morgan fingerprint density at radius 2 is 2.05 bits per heavy atom. The number of aromatic amines is 1. The van der Waals surface area contributed by atoms with Crippen molar-refractivity contribution in [2.75, 3.05) is 0 Å². The van der Waals surface area contributed by atoms with Crippen LogP contribution in [0.15, 0.2) is 18.3 Å². The van der Waals surface area contributed by atoms with Crippen LogP contribution in [0.25, 0.3) is 11.4 Å². The third kappa shape index (κ3) is 3.61. The first-order chi connectivity index (χ1) is 8.85. The lowest BCUT2D eigenvalue weighted by atomic mass is 10.1. The highest BCUT2D eigenvalue weighted by Crippen LogP contribution is 2.19. The Bertz CT molecular complexity index is 552. The zero-order valence-electron chi connectivity index (χ0n) is 11.7. The van der Waals surface area contributed by atoms with Gasteiger partial charge in [0.15, 0.2) is 0 Å². The van der Waals surface area contributed by atoms with Gasteiger partial charge in [0, 0.05) is 11.2 Å². The molecule has 2 heterocycles. The highest BCUT2D eigenvalue weighted by molar-refractivity contribution is 5.56. The zero-order valence-corrected chi connectivity index (χ0v) is 11.7. The van der Waals surface area contributed by atoms with Crippen LogP contribution in [0.1, 0.15) is 32.3 Å². The minimum Gasteiger partial charge on any atom is -0.344 e. The van der Waals surface area contributed by atoms with Gasteiger partial charge in [-0.15, -0.1) is 0 Å². The maximum atomic E-state index is 12.9. The highest BCUT2D eigenvalue weighted by Gasteiger charge is 2.13. The molecule has 0 aromatic carbocycles. The molecule has 0 saturated carbocycles. The third-order valence-electron chi connectivity index (χ3n) is 2.69. The molecule has 0 aliphatic carbocycles. The van der Waals surface area contributed by atoms with Crippen molar-refractivity contribution < 1.29 is 4.39 Å². The van der Waals surface area contributed by atoms with Gasteiger partial charge in [0.05, 0.1) is 18.4 Å². The average molecular weight is 262 g/mol. The number of rotatable bonds is 3. The highest BCUT2D eigenvalue weighted by atomic mass is 19.1. The van der Waals surface area contributed by atoms with Crippen molar-refractivity contribution in [1.29, 1.82) is 0 Å². The van der Waals surface area contributed by atoms with Crippen LogP contribution >= 0.6 is 0 Å². The van der Waals surface area contributed by atoms with Gasteiger partial charge in [-0.3, -0.25) is 4.98 Å². The van der Waals surface area contributed by atoms with Gasteiger partial charge in [-0.25, -0.2) is 9.37 Å². The Kier molecular flexibility index (Phi) is 3.66.